The molecular weight excluding hydrogens is 542 g/mol. The summed E-state index contributed by atoms with van der Waals surface area (Å²) < 4.78 is 11.1. The van der Waals surface area contributed by atoms with Crippen LogP contribution in [-0.2, 0) is 14.4 Å². The van der Waals surface area contributed by atoms with Gasteiger partial charge in [-0.2, -0.15) is 0 Å². The Bertz CT molecular complexity index is 1520. The number of nitrogens with one attached hydrogen (secondary N) is 2. The van der Waals surface area contributed by atoms with Crippen molar-refractivity contribution in [3.05, 3.63) is 87.3 Å². The Morgan fingerprint density at radius 2 is 1.54 bits per heavy atom. The molecule has 4 amide bonds. The number of thioether (sulfide) groups is 1. The maximum atomic E-state index is 13.0. The van der Waals surface area contributed by atoms with Crippen LogP contribution < -0.4 is 20.1 Å². The number of benzene rings is 3. The Morgan fingerprint density at radius 1 is 0.854 bits per heavy atom. The van der Waals surface area contributed by atoms with Gasteiger partial charge in [0.2, 0.25) is 5.91 Å². The molecule has 1 aliphatic rings. The van der Waals surface area contributed by atoms with Gasteiger partial charge in [0.1, 0.15) is 6.54 Å². The zero-order chi connectivity index (χ0) is 29.7. The van der Waals surface area contributed by atoms with Crippen LogP contribution in [0.4, 0.5) is 16.2 Å². The molecule has 0 aliphatic carbocycles. The molecule has 0 saturated carbocycles. The highest BCUT2D eigenvalue weighted by Crippen LogP contribution is 2.34. The number of imide groups is 1. The van der Waals surface area contributed by atoms with Crippen molar-refractivity contribution >= 4 is 52.2 Å². The van der Waals surface area contributed by atoms with Crippen LogP contribution in [0.15, 0.2) is 59.5 Å². The number of carbonyl (C=O) groups is 4. The van der Waals surface area contributed by atoms with Gasteiger partial charge in [0.05, 0.1) is 12.0 Å². The maximum Gasteiger partial charge on any atom is 0.294 e. The van der Waals surface area contributed by atoms with E-state index in [2.05, 4.69) is 10.6 Å². The number of nitrogens with zero attached hydrogens (tertiary/aromatic N) is 1. The lowest BCUT2D eigenvalue weighted by atomic mass is 10.1. The van der Waals surface area contributed by atoms with Gasteiger partial charge in [0.15, 0.2) is 18.1 Å². The minimum atomic E-state index is -0.556. The first kappa shape index (κ1) is 29.4. The normalized spacial score (nSPS) is 13.9. The Balaban J connectivity index is 1.39. The van der Waals surface area contributed by atoms with Crippen molar-refractivity contribution in [2.45, 2.75) is 27.7 Å². The van der Waals surface area contributed by atoms with E-state index in [0.717, 1.165) is 38.9 Å². The summed E-state index contributed by atoms with van der Waals surface area (Å²) in [6, 6.07) is 16.3. The molecule has 9 nitrogen and oxygen atoms in total. The highest BCUT2D eigenvalue weighted by molar-refractivity contribution is 8.18. The summed E-state index contributed by atoms with van der Waals surface area (Å²) in [6.07, 6.45) is 1.55. The molecule has 0 spiro atoms. The topological polar surface area (TPSA) is 114 Å². The van der Waals surface area contributed by atoms with Gasteiger partial charge in [0, 0.05) is 11.4 Å². The van der Waals surface area contributed by atoms with Crippen molar-refractivity contribution in [3.8, 4) is 11.5 Å². The molecule has 3 aromatic rings. The summed E-state index contributed by atoms with van der Waals surface area (Å²) in [6.45, 7) is 7.10. The van der Waals surface area contributed by atoms with Crippen molar-refractivity contribution in [2.24, 2.45) is 0 Å². The standard InChI is InChI=1S/C31H31N3O6S/c1-18-6-9-23(10-7-18)32-28(36)17-40-24-11-8-22(14-25(24)39-5)15-26-30(37)34(31(38)41-26)16-27(35)33-29-20(3)12-19(2)13-21(29)4/h6-15H,16-17H2,1-5H3,(H,32,36)(H,33,35)/b26-15+. The Hall–Kier alpha value is -4.57. The van der Waals surface area contributed by atoms with Crippen LogP contribution in [0.1, 0.15) is 27.8 Å². The molecule has 1 heterocycles. The van der Waals surface area contributed by atoms with Gasteiger partial charge in [-0.25, -0.2) is 0 Å². The van der Waals surface area contributed by atoms with Gasteiger partial charge < -0.3 is 20.1 Å². The first-order chi connectivity index (χ1) is 19.5. The number of anilines is 2. The molecule has 2 N–H and O–H groups in total. The van der Waals surface area contributed by atoms with Crippen molar-refractivity contribution in [1.82, 2.24) is 4.90 Å². The van der Waals surface area contributed by atoms with E-state index in [1.54, 1.807) is 24.3 Å². The third-order valence-electron chi connectivity index (χ3n) is 6.30. The van der Waals surface area contributed by atoms with Crippen LogP contribution in [0, 0.1) is 27.7 Å². The van der Waals surface area contributed by atoms with E-state index in [-0.39, 0.29) is 17.4 Å². The van der Waals surface area contributed by atoms with Crippen LogP contribution in [0.25, 0.3) is 6.08 Å². The molecule has 1 fully saturated rings. The largest absolute Gasteiger partial charge is 0.493 e. The van der Waals surface area contributed by atoms with Gasteiger partial charge >= 0.3 is 0 Å². The third kappa shape index (κ3) is 7.34. The highest BCUT2D eigenvalue weighted by Gasteiger charge is 2.36. The minimum absolute atomic E-state index is 0.179. The third-order valence-corrected chi connectivity index (χ3v) is 7.20. The van der Waals surface area contributed by atoms with Crippen molar-refractivity contribution < 1.29 is 28.7 Å². The molecule has 0 unspecified atom stereocenters. The molecule has 212 valence electrons. The quantitative estimate of drug-likeness (QED) is 0.319. The summed E-state index contributed by atoms with van der Waals surface area (Å²) >= 11 is 0.760. The number of hydrogen-bond donors (Lipinski definition) is 2. The summed E-state index contributed by atoms with van der Waals surface area (Å²) in [5.41, 5.74) is 5.88. The van der Waals surface area contributed by atoms with Crippen molar-refractivity contribution in [3.63, 3.8) is 0 Å². The van der Waals surface area contributed by atoms with Crippen molar-refractivity contribution in [2.75, 3.05) is 30.9 Å². The van der Waals surface area contributed by atoms with E-state index < -0.39 is 23.6 Å². The van der Waals surface area contributed by atoms with E-state index in [1.807, 2.05) is 64.1 Å². The number of rotatable bonds is 9. The fourth-order valence-electron chi connectivity index (χ4n) is 4.36. The van der Waals surface area contributed by atoms with Crippen LogP contribution in [0.2, 0.25) is 0 Å². The first-order valence-electron chi connectivity index (χ1n) is 12.8. The van der Waals surface area contributed by atoms with Gasteiger partial charge in [0.25, 0.3) is 17.1 Å². The second-order valence-corrected chi connectivity index (χ2v) is 10.7. The molecule has 1 saturated heterocycles. The molecule has 0 radical (unpaired) electrons. The summed E-state index contributed by atoms with van der Waals surface area (Å²) in [7, 11) is 1.46. The molecule has 4 rings (SSSR count). The SMILES string of the molecule is COc1cc(/C=C2/SC(=O)N(CC(=O)Nc3c(C)cc(C)cc3C)C2=O)ccc1OCC(=O)Nc1ccc(C)cc1. The minimum Gasteiger partial charge on any atom is -0.493 e. The van der Waals surface area contributed by atoms with Gasteiger partial charge in [-0.15, -0.1) is 0 Å². The van der Waals surface area contributed by atoms with E-state index in [0.29, 0.717) is 28.4 Å². The molecule has 10 heteroatoms. The highest BCUT2D eigenvalue weighted by atomic mass is 32.2. The van der Waals surface area contributed by atoms with Crippen LogP contribution in [0.5, 0.6) is 11.5 Å². The number of methoxy groups -OCH3 is 1. The average Bonchev–Trinajstić information content (AvgIpc) is 3.18. The smallest absolute Gasteiger partial charge is 0.294 e. The number of hydrogen-bond acceptors (Lipinski definition) is 7. The van der Waals surface area contributed by atoms with E-state index in [1.165, 1.54) is 7.11 Å². The second-order valence-electron chi connectivity index (χ2n) is 9.70. The molecular formula is C31H31N3O6S. The molecule has 3 aromatic carbocycles. The molecule has 0 bridgehead atoms. The fraction of sp³-hybridized carbons (Fsp3) is 0.226. The first-order valence-corrected chi connectivity index (χ1v) is 13.7. The van der Waals surface area contributed by atoms with Gasteiger partial charge in [-0.05, 0) is 86.5 Å². The molecule has 0 aromatic heterocycles. The van der Waals surface area contributed by atoms with Gasteiger partial charge in [-0.3, -0.25) is 24.1 Å². The lowest BCUT2D eigenvalue weighted by molar-refractivity contribution is -0.127. The lowest BCUT2D eigenvalue weighted by Crippen LogP contribution is -2.36. The van der Waals surface area contributed by atoms with Crippen LogP contribution in [0.3, 0.4) is 0 Å². The monoisotopic (exact) mass is 573 g/mol. The van der Waals surface area contributed by atoms with E-state index in [9.17, 15) is 19.2 Å². The fourth-order valence-corrected chi connectivity index (χ4v) is 5.20. The Kier molecular flexibility index (Phi) is 9.14. The van der Waals surface area contributed by atoms with E-state index >= 15 is 0 Å². The Morgan fingerprint density at radius 3 is 2.20 bits per heavy atom. The Labute approximate surface area is 242 Å². The van der Waals surface area contributed by atoms with Crippen LogP contribution >= 0.6 is 11.8 Å². The zero-order valence-corrected chi connectivity index (χ0v) is 24.3. The molecule has 0 atom stereocenters. The van der Waals surface area contributed by atoms with E-state index in [4.69, 9.17) is 9.47 Å². The zero-order valence-electron chi connectivity index (χ0n) is 23.5. The summed E-state index contributed by atoms with van der Waals surface area (Å²) in [5, 5.41) is 5.06. The number of ether oxygens (including phenoxy) is 2. The lowest BCUT2D eigenvalue weighted by Gasteiger charge is -2.16. The number of carbonyl (C=O) groups excluding carboxylic acids is 4. The average molecular weight is 574 g/mol. The summed E-state index contributed by atoms with van der Waals surface area (Å²) in [5.74, 6) is -0.650. The molecule has 41 heavy (non-hydrogen) atoms. The molecule has 1 aliphatic heterocycles. The van der Waals surface area contributed by atoms with Crippen molar-refractivity contribution in [1.29, 1.82) is 0 Å². The van der Waals surface area contributed by atoms with Crippen LogP contribution in [-0.4, -0.2) is 48.1 Å². The van der Waals surface area contributed by atoms with Gasteiger partial charge in [-0.1, -0.05) is 41.5 Å². The predicted octanol–water partition coefficient (Wildman–Crippen LogP) is 5.62. The number of aryl methyl sites for hydroxylation is 4. The second kappa shape index (κ2) is 12.7. The predicted molar refractivity (Wildman–Crippen MR) is 160 cm³/mol. The maximum absolute atomic E-state index is 13.0. The number of amides is 4. The summed E-state index contributed by atoms with van der Waals surface area (Å²) in [4.78, 5) is 51.7.